The molecule has 0 spiro atoms. The highest BCUT2D eigenvalue weighted by atomic mass is 31.2. The summed E-state index contributed by atoms with van der Waals surface area (Å²) < 4.78 is 16.8. The number of hydrogen-bond donors (Lipinski definition) is 2. The van der Waals surface area contributed by atoms with Gasteiger partial charge in [-0.3, -0.25) is 9.36 Å². The van der Waals surface area contributed by atoms with Gasteiger partial charge in [-0.1, -0.05) is 30.3 Å². The van der Waals surface area contributed by atoms with Gasteiger partial charge in [-0.25, -0.2) is 0 Å². The standard InChI is InChI=1S/C11H13O5P/c12-10-6-9(7-16-10)17(14,15)11(13)8-4-2-1-3-5-8/h1-5,9,11,13H,6-7H2,(H,14,15)/t9-,11+/m1/s1. The molecule has 0 bridgehead atoms. The van der Waals surface area contributed by atoms with Gasteiger partial charge >= 0.3 is 5.97 Å². The summed E-state index contributed by atoms with van der Waals surface area (Å²) in [7, 11) is -3.88. The Balaban J connectivity index is 2.21. The number of ether oxygens (including phenoxy) is 1. The largest absolute Gasteiger partial charge is 0.465 e. The van der Waals surface area contributed by atoms with Crippen LogP contribution in [0.3, 0.4) is 0 Å². The number of benzene rings is 1. The Morgan fingerprint density at radius 3 is 2.53 bits per heavy atom. The summed E-state index contributed by atoms with van der Waals surface area (Å²) in [6.07, 6.45) is -0.113. The average Bonchev–Trinajstić information content (AvgIpc) is 2.77. The monoisotopic (exact) mass is 256 g/mol. The fourth-order valence-corrected chi connectivity index (χ4v) is 3.47. The van der Waals surface area contributed by atoms with Gasteiger partial charge < -0.3 is 14.7 Å². The van der Waals surface area contributed by atoms with E-state index in [1.54, 1.807) is 30.3 Å². The predicted molar refractivity (Wildman–Crippen MR) is 60.6 cm³/mol. The van der Waals surface area contributed by atoms with Crippen LogP contribution < -0.4 is 0 Å². The normalized spacial score (nSPS) is 25.1. The molecule has 1 fully saturated rings. The second-order valence-electron chi connectivity index (χ2n) is 4.00. The summed E-state index contributed by atoms with van der Waals surface area (Å²) in [6.45, 7) is -0.101. The lowest BCUT2D eigenvalue weighted by Gasteiger charge is -2.22. The van der Waals surface area contributed by atoms with E-state index in [9.17, 15) is 19.4 Å². The molecule has 92 valence electrons. The van der Waals surface area contributed by atoms with Gasteiger partial charge in [-0.2, -0.15) is 0 Å². The molecule has 2 N–H and O–H groups in total. The first-order valence-electron chi connectivity index (χ1n) is 5.22. The van der Waals surface area contributed by atoms with Crippen molar-refractivity contribution in [1.82, 2.24) is 0 Å². The van der Waals surface area contributed by atoms with Crippen LogP contribution in [0.25, 0.3) is 0 Å². The van der Waals surface area contributed by atoms with Gasteiger partial charge in [-0.15, -0.1) is 0 Å². The maximum Gasteiger partial charge on any atom is 0.306 e. The summed E-state index contributed by atoms with van der Waals surface area (Å²) >= 11 is 0. The van der Waals surface area contributed by atoms with Crippen LogP contribution in [0.15, 0.2) is 30.3 Å². The highest BCUT2D eigenvalue weighted by molar-refractivity contribution is 7.59. The quantitative estimate of drug-likeness (QED) is 0.628. The number of aliphatic hydroxyl groups is 1. The Morgan fingerprint density at radius 1 is 1.35 bits per heavy atom. The van der Waals surface area contributed by atoms with E-state index >= 15 is 0 Å². The SMILES string of the molecule is O=C1C[C@@H](P(=O)(O)[C@H](O)c2ccccc2)CO1. The van der Waals surface area contributed by atoms with Crippen LogP contribution in [-0.2, 0) is 14.1 Å². The minimum Gasteiger partial charge on any atom is -0.465 e. The maximum atomic E-state index is 12.1. The van der Waals surface area contributed by atoms with Crippen LogP contribution in [0, 0.1) is 0 Å². The molecule has 1 saturated heterocycles. The number of aliphatic hydroxyl groups excluding tert-OH is 1. The second kappa shape index (κ2) is 4.61. The first-order chi connectivity index (χ1) is 8.01. The Hall–Kier alpha value is -1.16. The summed E-state index contributed by atoms with van der Waals surface area (Å²) in [5, 5.41) is 9.91. The molecular weight excluding hydrogens is 243 g/mol. The lowest BCUT2D eigenvalue weighted by Crippen LogP contribution is -2.13. The lowest BCUT2D eigenvalue weighted by atomic mass is 10.2. The predicted octanol–water partition coefficient (Wildman–Crippen LogP) is 1.26. The first-order valence-corrected chi connectivity index (χ1v) is 7.02. The van der Waals surface area contributed by atoms with Gasteiger partial charge in [0, 0.05) is 0 Å². The van der Waals surface area contributed by atoms with Gasteiger partial charge in [0.1, 0.15) is 6.61 Å². The number of carbonyl (C=O) groups is 1. The van der Waals surface area contributed by atoms with Crippen LogP contribution in [0.5, 0.6) is 0 Å². The van der Waals surface area contributed by atoms with E-state index < -0.39 is 24.8 Å². The third-order valence-electron chi connectivity index (χ3n) is 2.81. The summed E-state index contributed by atoms with van der Waals surface area (Å²) in [5.41, 5.74) is -0.442. The number of hydrogen-bond acceptors (Lipinski definition) is 4. The molecule has 1 aromatic carbocycles. The summed E-state index contributed by atoms with van der Waals surface area (Å²) in [5.74, 6) is -1.97. The van der Waals surface area contributed by atoms with Crippen LogP contribution in [0.1, 0.15) is 17.8 Å². The van der Waals surface area contributed by atoms with Gasteiger partial charge in [0.25, 0.3) is 0 Å². The molecule has 0 aliphatic carbocycles. The van der Waals surface area contributed by atoms with Crippen molar-refractivity contribution in [3.63, 3.8) is 0 Å². The molecule has 17 heavy (non-hydrogen) atoms. The summed E-state index contributed by atoms with van der Waals surface area (Å²) in [6, 6.07) is 8.25. The van der Waals surface area contributed by atoms with E-state index in [-0.39, 0.29) is 13.0 Å². The van der Waals surface area contributed by atoms with E-state index in [0.29, 0.717) is 5.56 Å². The molecule has 3 atom stereocenters. The van der Waals surface area contributed by atoms with Crippen LogP contribution in [0.4, 0.5) is 0 Å². The Kier molecular flexibility index (Phi) is 3.33. The van der Waals surface area contributed by atoms with Crippen LogP contribution >= 0.6 is 7.37 Å². The molecule has 0 radical (unpaired) electrons. The average molecular weight is 256 g/mol. The van der Waals surface area contributed by atoms with Gasteiger partial charge in [0.15, 0.2) is 5.85 Å². The Morgan fingerprint density at radius 2 is 2.00 bits per heavy atom. The zero-order chi connectivity index (χ0) is 12.5. The Labute approximate surface area is 98.5 Å². The molecule has 2 rings (SSSR count). The van der Waals surface area contributed by atoms with E-state index in [1.165, 1.54) is 0 Å². The number of rotatable bonds is 3. The van der Waals surface area contributed by atoms with Crippen molar-refractivity contribution in [1.29, 1.82) is 0 Å². The van der Waals surface area contributed by atoms with Crippen molar-refractivity contribution < 1.29 is 24.1 Å². The van der Waals surface area contributed by atoms with Crippen molar-refractivity contribution in [2.24, 2.45) is 0 Å². The van der Waals surface area contributed by atoms with E-state index in [2.05, 4.69) is 4.74 Å². The van der Waals surface area contributed by atoms with Crippen molar-refractivity contribution >= 4 is 13.3 Å². The maximum absolute atomic E-state index is 12.1. The van der Waals surface area contributed by atoms with E-state index in [1.807, 2.05) is 0 Å². The minimum atomic E-state index is -3.88. The number of carbonyl (C=O) groups excluding carboxylic acids is 1. The number of cyclic esters (lactones) is 1. The molecular formula is C11H13O5P. The van der Waals surface area contributed by atoms with Crippen molar-refractivity contribution in [2.75, 3.05) is 6.61 Å². The molecule has 0 amide bonds. The molecule has 1 aliphatic heterocycles. The van der Waals surface area contributed by atoms with Crippen molar-refractivity contribution in [2.45, 2.75) is 17.9 Å². The molecule has 0 aromatic heterocycles. The molecule has 1 aromatic rings. The minimum absolute atomic E-state index is 0.101. The van der Waals surface area contributed by atoms with Gasteiger partial charge in [0.05, 0.1) is 12.1 Å². The smallest absolute Gasteiger partial charge is 0.306 e. The molecule has 1 aliphatic rings. The molecule has 1 heterocycles. The fourth-order valence-electron chi connectivity index (χ4n) is 1.78. The lowest BCUT2D eigenvalue weighted by molar-refractivity contribution is -0.137. The number of esters is 1. The molecule has 5 nitrogen and oxygen atoms in total. The highest BCUT2D eigenvalue weighted by Gasteiger charge is 2.44. The highest BCUT2D eigenvalue weighted by Crippen LogP contribution is 2.59. The third-order valence-corrected chi connectivity index (χ3v) is 5.19. The van der Waals surface area contributed by atoms with Crippen LogP contribution in [0.2, 0.25) is 0 Å². The Bertz CT molecular complexity index is 458. The van der Waals surface area contributed by atoms with Crippen molar-refractivity contribution in [3.05, 3.63) is 35.9 Å². The van der Waals surface area contributed by atoms with E-state index in [4.69, 9.17) is 0 Å². The summed E-state index contributed by atoms with van der Waals surface area (Å²) in [4.78, 5) is 20.9. The van der Waals surface area contributed by atoms with Crippen LogP contribution in [-0.4, -0.2) is 28.2 Å². The fraction of sp³-hybridized carbons (Fsp3) is 0.364. The zero-order valence-electron chi connectivity index (χ0n) is 9.02. The van der Waals surface area contributed by atoms with Crippen molar-refractivity contribution in [3.8, 4) is 0 Å². The topological polar surface area (TPSA) is 83.8 Å². The van der Waals surface area contributed by atoms with Gasteiger partial charge in [-0.05, 0) is 5.56 Å². The first kappa shape index (κ1) is 12.3. The molecule has 0 saturated carbocycles. The second-order valence-corrected chi connectivity index (χ2v) is 6.56. The third kappa shape index (κ3) is 2.41. The molecule has 1 unspecified atom stereocenters. The zero-order valence-corrected chi connectivity index (χ0v) is 9.92. The van der Waals surface area contributed by atoms with Gasteiger partial charge in [0.2, 0.25) is 7.37 Å². The van der Waals surface area contributed by atoms with E-state index in [0.717, 1.165) is 0 Å². The molecule has 6 heteroatoms.